The van der Waals surface area contributed by atoms with E-state index in [-0.39, 0.29) is 11.2 Å². The minimum absolute atomic E-state index is 0.264. The van der Waals surface area contributed by atoms with Crippen LogP contribution in [0.1, 0.15) is 29.3 Å². The maximum absolute atomic E-state index is 13.4. The lowest BCUT2D eigenvalue weighted by Crippen LogP contribution is -2.04. The lowest BCUT2D eigenvalue weighted by Gasteiger charge is -2.14. The molecule has 0 bridgehead atoms. The second kappa shape index (κ2) is 5.15. The maximum atomic E-state index is 13.4. The zero-order valence-electron chi connectivity index (χ0n) is 12.2. The first-order chi connectivity index (χ1) is 9.97. The van der Waals surface area contributed by atoms with Crippen molar-refractivity contribution in [3.05, 3.63) is 59.2 Å². The summed E-state index contributed by atoms with van der Waals surface area (Å²) in [6.07, 6.45) is 0. The Hall–Kier alpha value is -1.87. The Morgan fingerprint density at radius 2 is 1.90 bits per heavy atom. The van der Waals surface area contributed by atoms with Gasteiger partial charge in [0.2, 0.25) is 0 Å². The van der Waals surface area contributed by atoms with Crippen molar-refractivity contribution in [2.75, 3.05) is 0 Å². The van der Waals surface area contributed by atoms with Crippen LogP contribution in [0.3, 0.4) is 0 Å². The number of rotatable bonds is 2. The van der Waals surface area contributed by atoms with Gasteiger partial charge in [0.15, 0.2) is 0 Å². The van der Waals surface area contributed by atoms with Crippen molar-refractivity contribution in [1.82, 2.24) is 9.55 Å². The van der Waals surface area contributed by atoms with E-state index in [2.05, 4.69) is 23.2 Å². The molecule has 0 amide bonds. The molecule has 0 N–H and O–H groups in total. The second-order valence-electron chi connectivity index (χ2n) is 5.34. The van der Waals surface area contributed by atoms with E-state index in [0.29, 0.717) is 5.52 Å². The molecule has 0 aliphatic heterocycles. The van der Waals surface area contributed by atoms with Gasteiger partial charge in [0.25, 0.3) is 0 Å². The molecule has 1 atom stereocenters. The number of hydrogen-bond donors (Lipinski definition) is 0. The Kier molecular flexibility index (Phi) is 3.46. The summed E-state index contributed by atoms with van der Waals surface area (Å²) in [5, 5.41) is -0.264. The summed E-state index contributed by atoms with van der Waals surface area (Å²) < 4.78 is 15.5. The number of aryl methyl sites for hydroxylation is 2. The summed E-state index contributed by atoms with van der Waals surface area (Å²) in [4.78, 5) is 4.51. The highest BCUT2D eigenvalue weighted by Gasteiger charge is 2.18. The van der Waals surface area contributed by atoms with E-state index in [9.17, 15) is 4.39 Å². The SMILES string of the molecule is Cc1ccc(C)c(-n2c(C(C)Cl)nc3cc(F)ccc32)c1. The molecule has 2 nitrogen and oxygen atoms in total. The molecule has 0 aliphatic rings. The van der Waals surface area contributed by atoms with Crippen LogP contribution in [-0.4, -0.2) is 9.55 Å². The van der Waals surface area contributed by atoms with Crippen molar-refractivity contribution < 1.29 is 4.39 Å². The summed E-state index contributed by atoms with van der Waals surface area (Å²) in [7, 11) is 0. The Balaban J connectivity index is 2.39. The fourth-order valence-corrected chi connectivity index (χ4v) is 2.70. The molecule has 3 aromatic rings. The molecule has 3 rings (SSSR count). The van der Waals surface area contributed by atoms with Gasteiger partial charge in [-0.1, -0.05) is 12.1 Å². The minimum atomic E-state index is -0.290. The fraction of sp³-hybridized carbons (Fsp3) is 0.235. The number of aromatic nitrogens is 2. The third-order valence-corrected chi connectivity index (χ3v) is 3.80. The van der Waals surface area contributed by atoms with Gasteiger partial charge in [0.05, 0.1) is 22.1 Å². The Labute approximate surface area is 128 Å². The van der Waals surface area contributed by atoms with Crippen LogP contribution in [0, 0.1) is 19.7 Å². The van der Waals surface area contributed by atoms with Gasteiger partial charge in [-0.15, -0.1) is 11.6 Å². The number of imidazole rings is 1. The summed E-state index contributed by atoms with van der Waals surface area (Å²) in [5.41, 5.74) is 4.81. The molecule has 0 saturated carbocycles. The average molecular weight is 303 g/mol. The first-order valence-corrected chi connectivity index (χ1v) is 7.30. The number of alkyl halides is 1. The van der Waals surface area contributed by atoms with Crippen molar-refractivity contribution >= 4 is 22.6 Å². The van der Waals surface area contributed by atoms with Crippen LogP contribution in [0.4, 0.5) is 4.39 Å². The van der Waals surface area contributed by atoms with Crippen molar-refractivity contribution in [1.29, 1.82) is 0 Å². The molecular formula is C17H16ClFN2. The van der Waals surface area contributed by atoms with E-state index in [1.54, 1.807) is 6.07 Å². The standard InChI is InChI=1S/C17H16ClFN2/c1-10-4-5-11(2)16(8-10)21-15-7-6-13(19)9-14(15)20-17(21)12(3)18/h4-9,12H,1-3H3. The molecule has 0 spiro atoms. The molecule has 1 unspecified atom stereocenters. The highest BCUT2D eigenvalue weighted by molar-refractivity contribution is 6.20. The predicted octanol–water partition coefficient (Wildman–Crippen LogP) is 5.08. The monoisotopic (exact) mass is 302 g/mol. The lowest BCUT2D eigenvalue weighted by molar-refractivity contribution is 0.629. The Bertz CT molecular complexity index is 821. The molecular weight excluding hydrogens is 287 g/mol. The molecule has 108 valence electrons. The quantitative estimate of drug-likeness (QED) is 0.604. The third kappa shape index (κ3) is 2.42. The van der Waals surface area contributed by atoms with Gasteiger partial charge in [-0.05, 0) is 50.1 Å². The highest BCUT2D eigenvalue weighted by atomic mass is 35.5. The smallest absolute Gasteiger partial charge is 0.132 e. The van der Waals surface area contributed by atoms with Crippen molar-refractivity contribution in [2.45, 2.75) is 26.1 Å². The zero-order valence-corrected chi connectivity index (χ0v) is 12.9. The first kappa shape index (κ1) is 14.1. The maximum Gasteiger partial charge on any atom is 0.132 e. The molecule has 2 aromatic carbocycles. The number of benzene rings is 2. The van der Waals surface area contributed by atoms with Crippen molar-refractivity contribution in [3.63, 3.8) is 0 Å². The highest BCUT2D eigenvalue weighted by Crippen LogP contribution is 2.30. The van der Waals surface area contributed by atoms with Gasteiger partial charge in [-0.25, -0.2) is 9.37 Å². The summed E-state index contributed by atoms with van der Waals surface area (Å²) in [5.74, 6) is 0.438. The predicted molar refractivity (Wildman–Crippen MR) is 84.8 cm³/mol. The van der Waals surface area contributed by atoms with E-state index in [1.807, 2.05) is 25.3 Å². The van der Waals surface area contributed by atoms with Gasteiger partial charge < -0.3 is 0 Å². The zero-order chi connectivity index (χ0) is 15.1. The summed E-state index contributed by atoms with van der Waals surface area (Å²) in [6.45, 7) is 5.97. The van der Waals surface area contributed by atoms with Gasteiger partial charge in [0, 0.05) is 6.07 Å². The van der Waals surface area contributed by atoms with Gasteiger partial charge in [-0.2, -0.15) is 0 Å². The average Bonchev–Trinajstić information content (AvgIpc) is 2.80. The fourth-order valence-electron chi connectivity index (χ4n) is 2.55. The van der Waals surface area contributed by atoms with Crippen LogP contribution in [0.2, 0.25) is 0 Å². The van der Waals surface area contributed by atoms with Crippen molar-refractivity contribution in [3.8, 4) is 5.69 Å². The van der Waals surface area contributed by atoms with Gasteiger partial charge in [-0.3, -0.25) is 4.57 Å². The number of halogens is 2. The molecule has 4 heteroatoms. The van der Waals surface area contributed by atoms with Crippen LogP contribution in [-0.2, 0) is 0 Å². The molecule has 1 aromatic heterocycles. The van der Waals surface area contributed by atoms with Crippen LogP contribution < -0.4 is 0 Å². The van der Waals surface area contributed by atoms with Crippen LogP contribution in [0.5, 0.6) is 0 Å². The van der Waals surface area contributed by atoms with Gasteiger partial charge >= 0.3 is 0 Å². The van der Waals surface area contributed by atoms with Crippen LogP contribution in [0.25, 0.3) is 16.7 Å². The number of fused-ring (bicyclic) bond motifs is 1. The normalized spacial score (nSPS) is 12.8. The molecule has 0 aliphatic carbocycles. The van der Waals surface area contributed by atoms with E-state index < -0.39 is 0 Å². The minimum Gasteiger partial charge on any atom is -0.295 e. The molecule has 0 saturated heterocycles. The summed E-state index contributed by atoms with van der Waals surface area (Å²) >= 11 is 6.28. The van der Waals surface area contributed by atoms with Gasteiger partial charge in [0.1, 0.15) is 11.6 Å². The van der Waals surface area contributed by atoms with Crippen LogP contribution >= 0.6 is 11.6 Å². The largest absolute Gasteiger partial charge is 0.295 e. The Morgan fingerprint density at radius 3 is 2.62 bits per heavy atom. The summed E-state index contributed by atoms with van der Waals surface area (Å²) in [6, 6.07) is 10.9. The van der Waals surface area contributed by atoms with Crippen molar-refractivity contribution in [2.24, 2.45) is 0 Å². The van der Waals surface area contributed by atoms with E-state index in [1.165, 1.54) is 12.1 Å². The van der Waals surface area contributed by atoms with E-state index in [0.717, 1.165) is 28.2 Å². The number of nitrogens with zero attached hydrogens (tertiary/aromatic N) is 2. The van der Waals surface area contributed by atoms with E-state index in [4.69, 9.17) is 11.6 Å². The topological polar surface area (TPSA) is 17.8 Å². The van der Waals surface area contributed by atoms with E-state index >= 15 is 0 Å². The second-order valence-corrected chi connectivity index (χ2v) is 6.00. The van der Waals surface area contributed by atoms with Crippen LogP contribution in [0.15, 0.2) is 36.4 Å². The molecule has 1 heterocycles. The Morgan fingerprint density at radius 1 is 1.14 bits per heavy atom. The number of hydrogen-bond acceptors (Lipinski definition) is 1. The molecule has 21 heavy (non-hydrogen) atoms. The third-order valence-electron chi connectivity index (χ3n) is 3.60. The lowest BCUT2D eigenvalue weighted by atomic mass is 10.1. The molecule has 0 fully saturated rings. The molecule has 0 radical (unpaired) electrons. The first-order valence-electron chi connectivity index (χ1n) is 6.87.